The van der Waals surface area contributed by atoms with Gasteiger partial charge < -0.3 is 20.6 Å². The molecule has 0 aromatic carbocycles. The molecule has 0 aromatic rings. The fraction of sp³-hybridized carbons (Fsp3) is 0.833. The highest BCUT2D eigenvalue weighted by Gasteiger charge is 2.22. The summed E-state index contributed by atoms with van der Waals surface area (Å²) in [6.45, 7) is 4.11. The summed E-state index contributed by atoms with van der Waals surface area (Å²) in [4.78, 5) is 24.1. The van der Waals surface area contributed by atoms with E-state index in [1.54, 1.807) is 11.9 Å². The number of carboxylic acids is 1. The fourth-order valence-corrected chi connectivity index (χ4v) is 2.12. The standard InChI is InChI=1S/C12H23N3O3/c1-9(7-11(16)17)8-14-12(18)15(2)10-3-5-13-6-4-10/h9-10,13H,3-8H2,1-2H3,(H,14,18)(H,16,17). The smallest absolute Gasteiger partial charge is 0.317 e. The van der Waals surface area contributed by atoms with Crippen LogP contribution in [0.3, 0.4) is 0 Å². The normalized spacial score (nSPS) is 18.1. The molecule has 2 amide bonds. The first-order valence-corrected chi connectivity index (χ1v) is 6.44. The molecule has 6 heteroatoms. The average molecular weight is 257 g/mol. The zero-order valence-corrected chi connectivity index (χ0v) is 11.1. The van der Waals surface area contributed by atoms with Crippen LogP contribution in [0.1, 0.15) is 26.2 Å². The van der Waals surface area contributed by atoms with Gasteiger partial charge in [-0.15, -0.1) is 0 Å². The van der Waals surface area contributed by atoms with E-state index in [-0.39, 0.29) is 24.4 Å². The monoisotopic (exact) mass is 257 g/mol. The van der Waals surface area contributed by atoms with Crippen molar-refractivity contribution in [2.45, 2.75) is 32.2 Å². The van der Waals surface area contributed by atoms with Gasteiger partial charge in [0.05, 0.1) is 0 Å². The quantitative estimate of drug-likeness (QED) is 0.669. The molecule has 0 aliphatic carbocycles. The molecule has 6 nitrogen and oxygen atoms in total. The van der Waals surface area contributed by atoms with E-state index in [4.69, 9.17) is 5.11 Å². The molecular weight excluding hydrogens is 234 g/mol. The Morgan fingerprint density at radius 3 is 2.61 bits per heavy atom. The van der Waals surface area contributed by atoms with Crippen LogP contribution in [0, 0.1) is 5.92 Å². The van der Waals surface area contributed by atoms with Crippen molar-refractivity contribution in [1.82, 2.24) is 15.5 Å². The van der Waals surface area contributed by atoms with Gasteiger partial charge >= 0.3 is 12.0 Å². The largest absolute Gasteiger partial charge is 0.481 e. The molecule has 1 unspecified atom stereocenters. The first-order chi connectivity index (χ1) is 8.50. The Hall–Kier alpha value is -1.30. The van der Waals surface area contributed by atoms with Crippen molar-refractivity contribution in [3.63, 3.8) is 0 Å². The van der Waals surface area contributed by atoms with Crippen molar-refractivity contribution in [2.75, 3.05) is 26.7 Å². The van der Waals surface area contributed by atoms with Crippen molar-refractivity contribution in [3.05, 3.63) is 0 Å². The maximum absolute atomic E-state index is 11.9. The zero-order chi connectivity index (χ0) is 13.5. The predicted molar refractivity (Wildman–Crippen MR) is 68.5 cm³/mol. The molecule has 0 aromatic heterocycles. The zero-order valence-electron chi connectivity index (χ0n) is 11.1. The minimum Gasteiger partial charge on any atom is -0.481 e. The second-order valence-corrected chi connectivity index (χ2v) is 4.98. The van der Waals surface area contributed by atoms with Gasteiger partial charge in [0.2, 0.25) is 0 Å². The van der Waals surface area contributed by atoms with E-state index in [1.165, 1.54) is 0 Å². The molecule has 1 aliphatic rings. The van der Waals surface area contributed by atoms with Gasteiger partial charge in [-0.2, -0.15) is 0 Å². The highest BCUT2D eigenvalue weighted by atomic mass is 16.4. The van der Waals surface area contributed by atoms with Crippen molar-refractivity contribution >= 4 is 12.0 Å². The third-order valence-electron chi connectivity index (χ3n) is 3.30. The van der Waals surface area contributed by atoms with Crippen LogP contribution in [0.5, 0.6) is 0 Å². The molecule has 1 rings (SSSR count). The molecule has 1 aliphatic heterocycles. The Balaban J connectivity index is 2.28. The third-order valence-corrected chi connectivity index (χ3v) is 3.30. The number of hydrogen-bond donors (Lipinski definition) is 3. The first kappa shape index (κ1) is 14.8. The second-order valence-electron chi connectivity index (χ2n) is 4.98. The lowest BCUT2D eigenvalue weighted by Crippen LogP contribution is -2.48. The number of amides is 2. The van der Waals surface area contributed by atoms with Gasteiger partial charge in [-0.25, -0.2) is 4.79 Å². The minimum atomic E-state index is -0.830. The second kappa shape index (κ2) is 7.20. The van der Waals surface area contributed by atoms with Crippen LogP contribution < -0.4 is 10.6 Å². The van der Waals surface area contributed by atoms with Crippen LogP contribution in [0.2, 0.25) is 0 Å². The lowest BCUT2D eigenvalue weighted by Gasteiger charge is -2.31. The molecule has 1 atom stereocenters. The summed E-state index contributed by atoms with van der Waals surface area (Å²) < 4.78 is 0. The Morgan fingerprint density at radius 1 is 1.44 bits per heavy atom. The lowest BCUT2D eigenvalue weighted by molar-refractivity contribution is -0.137. The van der Waals surface area contributed by atoms with Gasteiger partial charge in [-0.3, -0.25) is 4.79 Å². The van der Waals surface area contributed by atoms with Crippen LogP contribution in [0.25, 0.3) is 0 Å². The summed E-state index contributed by atoms with van der Waals surface area (Å²) in [5, 5.41) is 14.7. The summed E-state index contributed by atoms with van der Waals surface area (Å²) in [6.07, 6.45) is 2.01. The van der Waals surface area contributed by atoms with Crippen LogP contribution in [-0.2, 0) is 4.79 Å². The number of nitrogens with one attached hydrogen (secondary N) is 2. The molecule has 0 saturated carbocycles. The Kier molecular flexibility index (Phi) is 5.91. The van der Waals surface area contributed by atoms with Crippen LogP contribution in [-0.4, -0.2) is 54.7 Å². The summed E-state index contributed by atoms with van der Waals surface area (Å²) in [5.41, 5.74) is 0. The maximum atomic E-state index is 11.9. The highest BCUT2D eigenvalue weighted by Crippen LogP contribution is 2.10. The molecule has 104 valence electrons. The Bertz CT molecular complexity index is 290. The molecule has 1 heterocycles. The summed E-state index contributed by atoms with van der Waals surface area (Å²) in [7, 11) is 1.80. The first-order valence-electron chi connectivity index (χ1n) is 6.44. The SMILES string of the molecule is CC(CNC(=O)N(C)C1CCNCC1)CC(=O)O. The summed E-state index contributed by atoms with van der Waals surface area (Å²) >= 11 is 0. The molecular formula is C12H23N3O3. The van der Waals surface area contributed by atoms with Crippen LogP contribution >= 0.6 is 0 Å². The topological polar surface area (TPSA) is 81.7 Å². The fourth-order valence-electron chi connectivity index (χ4n) is 2.12. The highest BCUT2D eigenvalue weighted by molar-refractivity contribution is 5.74. The van der Waals surface area contributed by atoms with Gasteiger partial charge in [0.15, 0.2) is 0 Å². The van der Waals surface area contributed by atoms with Crippen molar-refractivity contribution in [2.24, 2.45) is 5.92 Å². The van der Waals surface area contributed by atoms with E-state index in [0.29, 0.717) is 6.54 Å². The molecule has 3 N–H and O–H groups in total. The van der Waals surface area contributed by atoms with E-state index < -0.39 is 5.97 Å². The predicted octanol–water partition coefficient (Wildman–Crippen LogP) is 0.491. The number of carbonyl (C=O) groups is 2. The molecule has 0 spiro atoms. The van der Waals surface area contributed by atoms with Crippen LogP contribution in [0.15, 0.2) is 0 Å². The molecule has 1 saturated heterocycles. The number of carboxylic acid groups (broad SMARTS) is 1. The van der Waals surface area contributed by atoms with Gasteiger partial charge in [-0.1, -0.05) is 6.92 Å². The van der Waals surface area contributed by atoms with Gasteiger partial charge in [-0.05, 0) is 31.8 Å². The lowest BCUT2D eigenvalue weighted by atomic mass is 10.1. The van der Waals surface area contributed by atoms with Crippen molar-refractivity contribution < 1.29 is 14.7 Å². The number of urea groups is 1. The number of carbonyl (C=O) groups excluding carboxylic acids is 1. The summed E-state index contributed by atoms with van der Waals surface area (Å²) in [6, 6.07) is 0.167. The maximum Gasteiger partial charge on any atom is 0.317 e. The van der Waals surface area contributed by atoms with E-state index in [2.05, 4.69) is 10.6 Å². The number of hydrogen-bond acceptors (Lipinski definition) is 3. The van der Waals surface area contributed by atoms with Gasteiger partial charge in [0.25, 0.3) is 0 Å². The Labute approximate surface area is 108 Å². The van der Waals surface area contributed by atoms with Crippen molar-refractivity contribution in [3.8, 4) is 0 Å². The van der Waals surface area contributed by atoms with E-state index >= 15 is 0 Å². The number of piperidine rings is 1. The minimum absolute atomic E-state index is 0.0483. The number of nitrogens with zero attached hydrogens (tertiary/aromatic N) is 1. The van der Waals surface area contributed by atoms with Crippen LogP contribution in [0.4, 0.5) is 4.79 Å². The van der Waals surface area contributed by atoms with E-state index in [1.807, 2.05) is 6.92 Å². The van der Waals surface area contributed by atoms with Gasteiger partial charge in [0.1, 0.15) is 0 Å². The summed E-state index contributed by atoms with van der Waals surface area (Å²) in [5.74, 6) is -0.878. The Morgan fingerprint density at radius 2 is 2.06 bits per heavy atom. The van der Waals surface area contributed by atoms with E-state index in [9.17, 15) is 9.59 Å². The van der Waals surface area contributed by atoms with Crippen molar-refractivity contribution in [1.29, 1.82) is 0 Å². The van der Waals surface area contributed by atoms with Gasteiger partial charge in [0, 0.05) is 26.1 Å². The molecule has 18 heavy (non-hydrogen) atoms. The molecule has 1 fully saturated rings. The number of aliphatic carboxylic acids is 1. The molecule has 0 radical (unpaired) electrons. The third kappa shape index (κ3) is 4.91. The average Bonchev–Trinajstić information content (AvgIpc) is 2.35. The molecule has 0 bridgehead atoms. The number of rotatable bonds is 5. The van der Waals surface area contributed by atoms with E-state index in [0.717, 1.165) is 25.9 Å².